The van der Waals surface area contributed by atoms with Gasteiger partial charge in [0, 0.05) is 18.8 Å². The van der Waals surface area contributed by atoms with Gasteiger partial charge in [0.25, 0.3) is 0 Å². The fourth-order valence-corrected chi connectivity index (χ4v) is 0.960. The van der Waals surface area contributed by atoms with Crippen molar-refractivity contribution in [1.82, 2.24) is 4.90 Å². The van der Waals surface area contributed by atoms with Crippen molar-refractivity contribution >= 4 is 0 Å². The Morgan fingerprint density at radius 3 is 2.58 bits per heavy atom. The number of ether oxygens (including phenoxy) is 1. The van der Waals surface area contributed by atoms with Crippen LogP contribution in [0.3, 0.4) is 0 Å². The highest BCUT2D eigenvalue weighted by Crippen LogP contribution is 1.98. The van der Waals surface area contributed by atoms with Crippen LogP contribution in [0.2, 0.25) is 0 Å². The summed E-state index contributed by atoms with van der Waals surface area (Å²) in [6.07, 6.45) is 0. The van der Waals surface area contributed by atoms with Gasteiger partial charge in [-0.1, -0.05) is 6.58 Å². The van der Waals surface area contributed by atoms with Crippen molar-refractivity contribution in [1.29, 1.82) is 0 Å². The molecule has 3 heteroatoms. The maximum atomic E-state index is 8.44. The lowest BCUT2D eigenvalue weighted by atomic mass is 10.4. The molecule has 0 bridgehead atoms. The van der Waals surface area contributed by atoms with E-state index in [1.54, 1.807) is 0 Å². The van der Waals surface area contributed by atoms with Crippen LogP contribution in [0, 0.1) is 0 Å². The Bertz CT molecular complexity index is 126. The number of rotatable bonds is 7. The van der Waals surface area contributed by atoms with Gasteiger partial charge >= 0.3 is 0 Å². The smallest absolute Gasteiger partial charge is 0.0698 e. The minimum absolute atomic E-state index is 0.0964. The Kier molecular flexibility index (Phi) is 6.81. The molecule has 0 amide bonds. The average molecular weight is 173 g/mol. The molecule has 0 rings (SSSR count). The molecule has 0 fully saturated rings. The van der Waals surface area contributed by atoms with E-state index in [4.69, 9.17) is 9.84 Å². The van der Waals surface area contributed by atoms with Crippen molar-refractivity contribution in [2.75, 3.05) is 32.9 Å². The molecule has 72 valence electrons. The molecule has 0 aliphatic carbocycles. The molecule has 0 aromatic rings. The fraction of sp³-hybridized carbons (Fsp3) is 0.778. The lowest BCUT2D eigenvalue weighted by molar-refractivity contribution is 0.0804. The lowest BCUT2D eigenvalue weighted by Crippen LogP contribution is -2.25. The van der Waals surface area contributed by atoms with E-state index < -0.39 is 0 Å². The van der Waals surface area contributed by atoms with Crippen LogP contribution < -0.4 is 0 Å². The first-order chi connectivity index (χ1) is 5.72. The molecule has 0 radical (unpaired) electrons. The number of hydrogen-bond acceptors (Lipinski definition) is 3. The topological polar surface area (TPSA) is 32.7 Å². The molecule has 0 heterocycles. The highest BCUT2D eigenvalue weighted by Gasteiger charge is 1.99. The first-order valence-electron chi connectivity index (χ1n) is 4.31. The van der Waals surface area contributed by atoms with Crippen LogP contribution >= 0.6 is 0 Å². The second kappa shape index (κ2) is 7.13. The molecule has 0 aromatic carbocycles. The van der Waals surface area contributed by atoms with Crippen LogP contribution in [0.15, 0.2) is 12.3 Å². The van der Waals surface area contributed by atoms with Gasteiger partial charge in [-0.05, 0) is 13.8 Å². The first kappa shape index (κ1) is 11.5. The minimum atomic E-state index is 0.0964. The maximum absolute atomic E-state index is 8.44. The molecule has 0 saturated carbocycles. The zero-order chi connectivity index (χ0) is 9.40. The third kappa shape index (κ3) is 5.16. The summed E-state index contributed by atoms with van der Waals surface area (Å²) in [7, 11) is 0. The molecule has 3 nitrogen and oxygen atoms in total. The summed E-state index contributed by atoms with van der Waals surface area (Å²) in [6.45, 7) is 10.9. The van der Waals surface area contributed by atoms with Crippen LogP contribution in [0.4, 0.5) is 0 Å². The summed E-state index contributed by atoms with van der Waals surface area (Å²) in [6, 6.07) is 0. The first-order valence-corrected chi connectivity index (χ1v) is 4.31. The Balaban J connectivity index is 3.38. The second-order valence-electron chi connectivity index (χ2n) is 2.65. The van der Waals surface area contributed by atoms with Crippen LogP contribution in [-0.4, -0.2) is 42.9 Å². The standard InChI is InChI=1S/C9H19NO2/c1-4-10(9(2)3)5-7-12-8-6-11/h11H,2,4-8H2,1,3H3. The van der Waals surface area contributed by atoms with E-state index in [0.29, 0.717) is 13.2 Å². The quantitative estimate of drug-likeness (QED) is 0.579. The third-order valence-electron chi connectivity index (χ3n) is 1.66. The van der Waals surface area contributed by atoms with Crippen molar-refractivity contribution in [3.63, 3.8) is 0 Å². The highest BCUT2D eigenvalue weighted by atomic mass is 16.5. The van der Waals surface area contributed by atoms with Gasteiger partial charge in [-0.15, -0.1) is 0 Å². The summed E-state index contributed by atoms with van der Waals surface area (Å²) >= 11 is 0. The summed E-state index contributed by atoms with van der Waals surface area (Å²) in [4.78, 5) is 2.14. The van der Waals surface area contributed by atoms with E-state index >= 15 is 0 Å². The molecule has 12 heavy (non-hydrogen) atoms. The molecule has 0 aromatic heterocycles. The average Bonchev–Trinajstić information content (AvgIpc) is 2.04. The number of nitrogens with zero attached hydrogens (tertiary/aromatic N) is 1. The van der Waals surface area contributed by atoms with Crippen molar-refractivity contribution < 1.29 is 9.84 Å². The fourth-order valence-electron chi connectivity index (χ4n) is 0.960. The van der Waals surface area contributed by atoms with Gasteiger partial charge in [-0.3, -0.25) is 0 Å². The molecular weight excluding hydrogens is 154 g/mol. The van der Waals surface area contributed by atoms with Gasteiger partial charge < -0.3 is 14.7 Å². The normalized spacial score (nSPS) is 9.92. The van der Waals surface area contributed by atoms with Crippen molar-refractivity contribution in [2.24, 2.45) is 0 Å². The molecule has 0 unspecified atom stereocenters. The molecule has 0 saturated heterocycles. The number of likely N-dealkylation sites (N-methyl/N-ethyl adjacent to an activating group) is 1. The monoisotopic (exact) mass is 173 g/mol. The summed E-state index contributed by atoms with van der Waals surface area (Å²) in [5, 5.41) is 8.44. The number of allylic oxidation sites excluding steroid dienone is 1. The lowest BCUT2D eigenvalue weighted by Gasteiger charge is -2.22. The van der Waals surface area contributed by atoms with E-state index in [1.165, 1.54) is 0 Å². The third-order valence-corrected chi connectivity index (χ3v) is 1.66. The van der Waals surface area contributed by atoms with Crippen molar-refractivity contribution in [2.45, 2.75) is 13.8 Å². The number of hydrogen-bond donors (Lipinski definition) is 1. The van der Waals surface area contributed by atoms with Gasteiger partial charge in [0.2, 0.25) is 0 Å². The van der Waals surface area contributed by atoms with Crippen molar-refractivity contribution in [3.05, 3.63) is 12.3 Å². The van der Waals surface area contributed by atoms with E-state index in [9.17, 15) is 0 Å². The van der Waals surface area contributed by atoms with E-state index in [0.717, 1.165) is 18.8 Å². The van der Waals surface area contributed by atoms with Gasteiger partial charge in [0.15, 0.2) is 0 Å². The van der Waals surface area contributed by atoms with Crippen LogP contribution in [0.1, 0.15) is 13.8 Å². The van der Waals surface area contributed by atoms with E-state index in [2.05, 4.69) is 18.4 Å². The molecule has 0 atom stereocenters. The second-order valence-corrected chi connectivity index (χ2v) is 2.65. The number of aliphatic hydroxyl groups excluding tert-OH is 1. The maximum Gasteiger partial charge on any atom is 0.0698 e. The predicted octanol–water partition coefficient (Wildman–Crippen LogP) is 0.851. The van der Waals surface area contributed by atoms with Gasteiger partial charge in [-0.25, -0.2) is 0 Å². The van der Waals surface area contributed by atoms with Crippen LogP contribution in [0.25, 0.3) is 0 Å². The van der Waals surface area contributed by atoms with Gasteiger partial charge in [0.1, 0.15) is 0 Å². The summed E-state index contributed by atoms with van der Waals surface area (Å²) < 4.78 is 5.13. The Labute approximate surface area is 74.6 Å². The molecule has 0 aliphatic heterocycles. The van der Waals surface area contributed by atoms with Gasteiger partial charge in [0.05, 0.1) is 19.8 Å². The number of aliphatic hydroxyl groups is 1. The van der Waals surface area contributed by atoms with Gasteiger partial charge in [-0.2, -0.15) is 0 Å². The molecular formula is C9H19NO2. The Morgan fingerprint density at radius 2 is 2.17 bits per heavy atom. The Morgan fingerprint density at radius 1 is 1.50 bits per heavy atom. The van der Waals surface area contributed by atoms with Crippen molar-refractivity contribution in [3.8, 4) is 0 Å². The summed E-state index contributed by atoms with van der Waals surface area (Å²) in [5.41, 5.74) is 1.06. The largest absolute Gasteiger partial charge is 0.394 e. The van der Waals surface area contributed by atoms with Crippen LogP contribution in [0.5, 0.6) is 0 Å². The summed E-state index contributed by atoms with van der Waals surface area (Å²) in [5.74, 6) is 0. The SMILES string of the molecule is C=C(C)N(CC)CCOCCO. The zero-order valence-corrected chi connectivity index (χ0v) is 8.05. The molecule has 0 aliphatic rings. The zero-order valence-electron chi connectivity index (χ0n) is 8.05. The molecule has 0 spiro atoms. The van der Waals surface area contributed by atoms with Crippen LogP contribution in [-0.2, 0) is 4.74 Å². The Hall–Kier alpha value is -0.540. The molecule has 1 N–H and O–H groups in total. The highest BCUT2D eigenvalue weighted by molar-refractivity contribution is 4.87. The predicted molar refractivity (Wildman–Crippen MR) is 50.0 cm³/mol. The van der Waals surface area contributed by atoms with E-state index in [1.807, 2.05) is 6.92 Å². The van der Waals surface area contributed by atoms with E-state index in [-0.39, 0.29) is 6.61 Å². The minimum Gasteiger partial charge on any atom is -0.394 e.